The van der Waals surface area contributed by atoms with Gasteiger partial charge in [0.2, 0.25) is 0 Å². The zero-order valence-electron chi connectivity index (χ0n) is 7.65. The summed E-state index contributed by atoms with van der Waals surface area (Å²) in [5.74, 6) is 1.50. The van der Waals surface area contributed by atoms with E-state index in [1.165, 1.54) is 0 Å². The standard InChI is InChI=1S/C9H10O3S2/c1-6-2-3-7-4-13-5-8(7)9(6)14(10,11)12/h2-3H,4-5H2,1H3,(H,10,11,12). The van der Waals surface area contributed by atoms with Crippen molar-refractivity contribution in [2.24, 2.45) is 0 Å². The molecule has 0 bridgehead atoms. The molecular weight excluding hydrogens is 220 g/mol. The largest absolute Gasteiger partial charge is 0.295 e. The van der Waals surface area contributed by atoms with Crippen molar-refractivity contribution in [1.82, 2.24) is 0 Å². The highest BCUT2D eigenvalue weighted by Gasteiger charge is 2.24. The molecule has 0 unspecified atom stereocenters. The first-order chi connectivity index (χ1) is 6.50. The van der Waals surface area contributed by atoms with Crippen molar-refractivity contribution < 1.29 is 13.0 Å². The van der Waals surface area contributed by atoms with E-state index in [9.17, 15) is 8.42 Å². The van der Waals surface area contributed by atoms with Crippen LogP contribution in [0.2, 0.25) is 0 Å². The molecule has 0 spiro atoms. The molecule has 5 heteroatoms. The molecule has 2 rings (SSSR count). The SMILES string of the molecule is Cc1ccc2c(c1S(=O)(=O)O)CSC2. The molecule has 1 aliphatic rings. The fourth-order valence-electron chi connectivity index (χ4n) is 1.70. The highest BCUT2D eigenvalue weighted by Crippen LogP contribution is 2.35. The molecule has 1 aliphatic heterocycles. The van der Waals surface area contributed by atoms with Gasteiger partial charge in [-0.1, -0.05) is 12.1 Å². The molecule has 1 N–H and O–H groups in total. The minimum absolute atomic E-state index is 0.111. The minimum atomic E-state index is -4.07. The second kappa shape index (κ2) is 3.25. The van der Waals surface area contributed by atoms with Crippen LogP contribution in [0.1, 0.15) is 16.7 Å². The first-order valence-corrected chi connectivity index (χ1v) is 6.76. The van der Waals surface area contributed by atoms with Crippen LogP contribution in [0, 0.1) is 6.92 Å². The van der Waals surface area contributed by atoms with Crippen molar-refractivity contribution in [2.75, 3.05) is 0 Å². The Balaban J connectivity index is 2.76. The van der Waals surface area contributed by atoms with Crippen LogP contribution in [0.15, 0.2) is 17.0 Å². The number of fused-ring (bicyclic) bond motifs is 1. The van der Waals surface area contributed by atoms with Crippen LogP contribution in [-0.2, 0) is 21.6 Å². The van der Waals surface area contributed by atoms with Crippen LogP contribution in [-0.4, -0.2) is 13.0 Å². The summed E-state index contributed by atoms with van der Waals surface area (Å²) in [4.78, 5) is 0.111. The number of aryl methyl sites for hydroxylation is 1. The predicted molar refractivity (Wildman–Crippen MR) is 56.0 cm³/mol. The molecule has 0 saturated carbocycles. The van der Waals surface area contributed by atoms with Crippen LogP contribution in [0.25, 0.3) is 0 Å². The van der Waals surface area contributed by atoms with Gasteiger partial charge in [0.1, 0.15) is 4.90 Å². The van der Waals surface area contributed by atoms with E-state index in [1.54, 1.807) is 24.8 Å². The summed E-state index contributed by atoms with van der Waals surface area (Å²) in [5, 5.41) is 0. The van der Waals surface area contributed by atoms with Crippen molar-refractivity contribution in [1.29, 1.82) is 0 Å². The Morgan fingerprint density at radius 3 is 2.71 bits per heavy atom. The second-order valence-corrected chi connectivity index (χ2v) is 5.66. The lowest BCUT2D eigenvalue weighted by atomic mass is 10.1. The lowest BCUT2D eigenvalue weighted by Gasteiger charge is -2.07. The third-order valence-corrected chi connectivity index (χ3v) is 4.41. The first-order valence-electron chi connectivity index (χ1n) is 4.17. The summed E-state index contributed by atoms with van der Waals surface area (Å²) in [6.07, 6.45) is 0. The highest BCUT2D eigenvalue weighted by atomic mass is 32.2. The maximum absolute atomic E-state index is 11.2. The highest BCUT2D eigenvalue weighted by molar-refractivity contribution is 7.98. The van der Waals surface area contributed by atoms with Gasteiger partial charge in [-0.05, 0) is 23.6 Å². The van der Waals surface area contributed by atoms with Crippen LogP contribution >= 0.6 is 11.8 Å². The lowest BCUT2D eigenvalue weighted by molar-refractivity contribution is 0.482. The van der Waals surface area contributed by atoms with Crippen LogP contribution in [0.5, 0.6) is 0 Å². The number of hydrogen-bond donors (Lipinski definition) is 1. The van der Waals surface area contributed by atoms with Gasteiger partial charge in [-0.25, -0.2) is 0 Å². The van der Waals surface area contributed by atoms with Gasteiger partial charge in [0, 0.05) is 11.5 Å². The fourth-order valence-corrected chi connectivity index (χ4v) is 3.91. The average Bonchev–Trinajstić information content (AvgIpc) is 2.48. The monoisotopic (exact) mass is 230 g/mol. The van der Waals surface area contributed by atoms with E-state index in [1.807, 2.05) is 6.07 Å². The Bertz CT molecular complexity index is 477. The molecule has 1 aromatic rings. The first kappa shape index (κ1) is 10.0. The molecule has 76 valence electrons. The molecule has 0 atom stereocenters. The zero-order chi connectivity index (χ0) is 10.3. The van der Waals surface area contributed by atoms with Gasteiger partial charge >= 0.3 is 0 Å². The molecule has 3 nitrogen and oxygen atoms in total. The third-order valence-electron chi connectivity index (χ3n) is 2.32. The number of hydrogen-bond acceptors (Lipinski definition) is 3. The number of thioether (sulfide) groups is 1. The quantitative estimate of drug-likeness (QED) is 0.750. The van der Waals surface area contributed by atoms with Crippen molar-refractivity contribution >= 4 is 21.9 Å². The van der Waals surface area contributed by atoms with Crippen molar-refractivity contribution in [3.8, 4) is 0 Å². The summed E-state index contributed by atoms with van der Waals surface area (Å²) in [6.45, 7) is 1.70. The van der Waals surface area contributed by atoms with Crippen LogP contribution < -0.4 is 0 Å². The van der Waals surface area contributed by atoms with Gasteiger partial charge in [0.05, 0.1) is 0 Å². The zero-order valence-corrected chi connectivity index (χ0v) is 9.28. The smallest absolute Gasteiger partial charge is 0.282 e. The maximum Gasteiger partial charge on any atom is 0.295 e. The van der Waals surface area contributed by atoms with Crippen LogP contribution in [0.3, 0.4) is 0 Å². The van der Waals surface area contributed by atoms with Gasteiger partial charge in [-0.15, -0.1) is 0 Å². The summed E-state index contributed by atoms with van der Waals surface area (Å²) < 4.78 is 31.4. The normalized spacial score (nSPS) is 15.6. The van der Waals surface area contributed by atoms with E-state index in [-0.39, 0.29) is 4.90 Å². The lowest BCUT2D eigenvalue weighted by Crippen LogP contribution is -2.05. The molecule has 14 heavy (non-hydrogen) atoms. The fraction of sp³-hybridized carbons (Fsp3) is 0.333. The van der Waals surface area contributed by atoms with Crippen LogP contribution in [0.4, 0.5) is 0 Å². The molecule has 0 saturated heterocycles. The van der Waals surface area contributed by atoms with Gasteiger partial charge in [0.15, 0.2) is 0 Å². The Morgan fingerprint density at radius 1 is 1.36 bits per heavy atom. The summed E-state index contributed by atoms with van der Waals surface area (Å²) in [5.41, 5.74) is 2.42. The topological polar surface area (TPSA) is 54.4 Å². The second-order valence-electron chi connectivity index (χ2n) is 3.32. The van der Waals surface area contributed by atoms with Crippen molar-refractivity contribution in [3.05, 3.63) is 28.8 Å². The van der Waals surface area contributed by atoms with Crippen molar-refractivity contribution in [3.63, 3.8) is 0 Å². The molecular formula is C9H10O3S2. The summed E-state index contributed by atoms with van der Waals surface area (Å²) in [7, 11) is -4.07. The predicted octanol–water partition coefficient (Wildman–Crippen LogP) is 1.99. The third kappa shape index (κ3) is 1.55. The summed E-state index contributed by atoms with van der Waals surface area (Å²) in [6, 6.07) is 3.67. The van der Waals surface area contributed by atoms with E-state index in [0.717, 1.165) is 16.9 Å². The minimum Gasteiger partial charge on any atom is -0.282 e. The van der Waals surface area contributed by atoms with E-state index in [4.69, 9.17) is 4.55 Å². The maximum atomic E-state index is 11.2. The number of rotatable bonds is 1. The molecule has 0 amide bonds. The molecule has 1 aromatic carbocycles. The average molecular weight is 230 g/mol. The van der Waals surface area contributed by atoms with Gasteiger partial charge in [0.25, 0.3) is 10.1 Å². The molecule has 0 fully saturated rings. The molecule has 1 heterocycles. The van der Waals surface area contributed by atoms with E-state index >= 15 is 0 Å². The van der Waals surface area contributed by atoms with Crippen molar-refractivity contribution in [2.45, 2.75) is 23.3 Å². The van der Waals surface area contributed by atoms with E-state index < -0.39 is 10.1 Å². The van der Waals surface area contributed by atoms with Gasteiger partial charge < -0.3 is 0 Å². The molecule has 0 aromatic heterocycles. The Kier molecular flexibility index (Phi) is 2.33. The number of benzene rings is 1. The van der Waals surface area contributed by atoms with Gasteiger partial charge in [-0.2, -0.15) is 20.2 Å². The Hall–Kier alpha value is -0.520. The van der Waals surface area contributed by atoms with Gasteiger partial charge in [-0.3, -0.25) is 4.55 Å². The molecule has 0 radical (unpaired) electrons. The molecule has 0 aliphatic carbocycles. The Labute approximate surface area is 87.3 Å². The summed E-state index contributed by atoms with van der Waals surface area (Å²) >= 11 is 1.67. The van der Waals surface area contributed by atoms with E-state index in [0.29, 0.717) is 11.3 Å². The van der Waals surface area contributed by atoms with E-state index in [2.05, 4.69) is 0 Å². The Morgan fingerprint density at radius 2 is 2.07 bits per heavy atom.